The summed E-state index contributed by atoms with van der Waals surface area (Å²) >= 11 is 0. The molecule has 1 rings (SSSR count). The molecule has 5 heteroatoms. The lowest BCUT2D eigenvalue weighted by atomic mass is 10.0. The normalized spacial score (nSPS) is 22.7. The first-order valence-corrected chi connectivity index (χ1v) is 3.24. The lowest BCUT2D eigenvalue weighted by molar-refractivity contribution is -0.142. The van der Waals surface area contributed by atoms with Crippen molar-refractivity contribution in [3.63, 3.8) is 0 Å². The van der Waals surface area contributed by atoms with Crippen molar-refractivity contribution < 1.29 is 9.90 Å². The van der Waals surface area contributed by atoms with Gasteiger partial charge in [-0.3, -0.25) is 4.79 Å². The molecule has 0 aromatic heterocycles. The Morgan fingerprint density at radius 1 is 1.45 bits per heavy atom. The number of piperidine rings is 1. The highest BCUT2D eigenvalue weighted by molar-refractivity contribution is 5.85. The van der Waals surface area contributed by atoms with Gasteiger partial charge in [0.05, 0.1) is 5.92 Å². The average Bonchev–Trinajstić information content (AvgIpc) is 1.90. The number of carbonyl (C=O) groups is 1. The minimum absolute atomic E-state index is 0. The highest BCUT2D eigenvalue weighted by atomic mass is 35.5. The number of hydrogen-bond acceptors (Lipinski definition) is 2. The van der Waals surface area contributed by atoms with E-state index in [-0.39, 0.29) is 30.7 Å². The predicted molar refractivity (Wildman–Crippen MR) is 47.7 cm³/mol. The Kier molecular flexibility index (Phi) is 8.28. The summed E-state index contributed by atoms with van der Waals surface area (Å²) in [6.07, 6.45) is 1.83. The first kappa shape index (κ1) is 13.6. The van der Waals surface area contributed by atoms with Gasteiger partial charge in [0.2, 0.25) is 0 Å². The second kappa shape index (κ2) is 6.70. The molecule has 3 nitrogen and oxygen atoms in total. The number of hydrogen-bond donors (Lipinski definition) is 2. The number of nitrogens with one attached hydrogen (secondary N) is 1. The van der Waals surface area contributed by atoms with E-state index in [1.165, 1.54) is 0 Å². The van der Waals surface area contributed by atoms with E-state index in [4.69, 9.17) is 5.11 Å². The van der Waals surface area contributed by atoms with Gasteiger partial charge in [-0.25, -0.2) is 0 Å². The highest BCUT2D eigenvalue weighted by Gasteiger charge is 2.18. The lowest BCUT2D eigenvalue weighted by Crippen LogP contribution is -2.34. The van der Waals surface area contributed by atoms with E-state index in [0.29, 0.717) is 6.54 Å². The molecule has 1 aliphatic rings. The van der Waals surface area contributed by atoms with Crippen LogP contribution in [-0.4, -0.2) is 24.2 Å². The topological polar surface area (TPSA) is 49.3 Å². The minimum Gasteiger partial charge on any atom is -0.481 e. The van der Waals surface area contributed by atoms with Crippen molar-refractivity contribution in [3.8, 4) is 0 Å². The third-order valence-electron chi connectivity index (χ3n) is 1.65. The molecule has 1 fully saturated rings. The predicted octanol–water partition coefficient (Wildman–Crippen LogP) is 0.914. The second-order valence-corrected chi connectivity index (χ2v) is 2.38. The fraction of sp³-hybridized carbons (Fsp3) is 0.833. The van der Waals surface area contributed by atoms with Crippen molar-refractivity contribution in [1.29, 1.82) is 0 Å². The zero-order chi connectivity index (χ0) is 6.69. The van der Waals surface area contributed by atoms with Gasteiger partial charge in [0.15, 0.2) is 0 Å². The summed E-state index contributed by atoms with van der Waals surface area (Å²) in [7, 11) is 0. The van der Waals surface area contributed by atoms with Gasteiger partial charge in [-0.2, -0.15) is 0 Å². The van der Waals surface area contributed by atoms with Crippen molar-refractivity contribution in [1.82, 2.24) is 5.32 Å². The van der Waals surface area contributed by atoms with Crippen LogP contribution in [0.15, 0.2) is 0 Å². The summed E-state index contributed by atoms with van der Waals surface area (Å²) in [6, 6.07) is 0. The third-order valence-corrected chi connectivity index (χ3v) is 1.65. The molecule has 11 heavy (non-hydrogen) atoms. The van der Waals surface area contributed by atoms with Gasteiger partial charge in [-0.15, -0.1) is 24.8 Å². The highest BCUT2D eigenvalue weighted by Crippen LogP contribution is 2.08. The smallest absolute Gasteiger partial charge is 0.307 e. The molecule has 0 radical (unpaired) electrons. The summed E-state index contributed by atoms with van der Waals surface area (Å²) < 4.78 is 0. The maximum absolute atomic E-state index is 10.3. The summed E-state index contributed by atoms with van der Waals surface area (Å²) in [5, 5.41) is 11.5. The first-order chi connectivity index (χ1) is 4.30. The van der Waals surface area contributed by atoms with Crippen molar-refractivity contribution in [2.24, 2.45) is 5.92 Å². The molecule has 0 amide bonds. The van der Waals surface area contributed by atoms with Gasteiger partial charge < -0.3 is 10.4 Å². The van der Waals surface area contributed by atoms with Crippen LogP contribution in [-0.2, 0) is 4.79 Å². The maximum atomic E-state index is 10.3. The Bertz CT molecular complexity index is 115. The van der Waals surface area contributed by atoms with Crippen LogP contribution >= 0.6 is 24.8 Å². The number of carboxylic acids is 1. The maximum Gasteiger partial charge on any atom is 0.307 e. The molecule has 2 N–H and O–H groups in total. The van der Waals surface area contributed by atoms with Gasteiger partial charge in [-0.05, 0) is 19.4 Å². The fourth-order valence-corrected chi connectivity index (χ4v) is 1.06. The van der Waals surface area contributed by atoms with E-state index in [9.17, 15) is 4.79 Å². The van der Waals surface area contributed by atoms with E-state index in [1.807, 2.05) is 0 Å². The van der Waals surface area contributed by atoms with Crippen molar-refractivity contribution in [2.75, 3.05) is 13.1 Å². The Morgan fingerprint density at radius 2 is 2.09 bits per heavy atom. The summed E-state index contributed by atoms with van der Waals surface area (Å²) in [4.78, 5) is 10.3. The molecule has 0 spiro atoms. The van der Waals surface area contributed by atoms with Crippen LogP contribution in [0.2, 0.25) is 0 Å². The third kappa shape index (κ3) is 4.45. The van der Waals surface area contributed by atoms with Crippen LogP contribution in [0, 0.1) is 5.92 Å². The van der Waals surface area contributed by atoms with Crippen LogP contribution in [0.25, 0.3) is 0 Å². The largest absolute Gasteiger partial charge is 0.481 e. The monoisotopic (exact) mass is 201 g/mol. The molecular weight excluding hydrogens is 189 g/mol. The van der Waals surface area contributed by atoms with Crippen LogP contribution in [0.5, 0.6) is 0 Å². The molecule has 1 heterocycles. The molecule has 1 saturated heterocycles. The van der Waals surface area contributed by atoms with Crippen LogP contribution in [0.1, 0.15) is 12.8 Å². The van der Waals surface area contributed by atoms with E-state index < -0.39 is 5.97 Å². The van der Waals surface area contributed by atoms with Crippen LogP contribution in [0.4, 0.5) is 0 Å². The van der Waals surface area contributed by atoms with Gasteiger partial charge in [-0.1, -0.05) is 0 Å². The first-order valence-electron chi connectivity index (χ1n) is 3.24. The molecule has 1 atom stereocenters. The quantitative estimate of drug-likeness (QED) is 0.664. The Balaban J connectivity index is 0. The van der Waals surface area contributed by atoms with Gasteiger partial charge in [0.1, 0.15) is 0 Å². The zero-order valence-corrected chi connectivity index (χ0v) is 7.71. The number of carboxylic acid groups (broad SMARTS) is 1. The number of rotatable bonds is 1. The standard InChI is InChI=1S/C6H11NO2.2ClH/c8-6(9)5-2-1-3-7-4-5;;/h5,7H,1-4H2,(H,8,9);2*1H. The van der Waals surface area contributed by atoms with Gasteiger partial charge in [0, 0.05) is 6.54 Å². The molecule has 68 valence electrons. The van der Waals surface area contributed by atoms with E-state index >= 15 is 0 Å². The van der Waals surface area contributed by atoms with Crippen molar-refractivity contribution >= 4 is 30.8 Å². The number of halogens is 2. The lowest BCUT2D eigenvalue weighted by Gasteiger charge is -2.18. The molecule has 0 bridgehead atoms. The summed E-state index contributed by atoms with van der Waals surface area (Å²) in [6.45, 7) is 1.62. The van der Waals surface area contributed by atoms with Crippen molar-refractivity contribution in [3.05, 3.63) is 0 Å². The Morgan fingerprint density at radius 3 is 2.36 bits per heavy atom. The zero-order valence-electron chi connectivity index (χ0n) is 6.08. The Labute approximate surface area is 78.4 Å². The summed E-state index contributed by atoms with van der Waals surface area (Å²) in [5.74, 6) is -0.805. The van der Waals surface area contributed by atoms with Gasteiger partial charge in [0.25, 0.3) is 0 Å². The molecule has 1 unspecified atom stereocenters. The molecule has 0 aliphatic carbocycles. The van der Waals surface area contributed by atoms with E-state index in [0.717, 1.165) is 19.4 Å². The molecule has 0 aromatic rings. The van der Waals surface area contributed by atoms with E-state index in [1.54, 1.807) is 0 Å². The molecule has 0 aromatic carbocycles. The fourth-order valence-electron chi connectivity index (χ4n) is 1.06. The van der Waals surface area contributed by atoms with Crippen LogP contribution < -0.4 is 5.32 Å². The molecule has 0 saturated carbocycles. The average molecular weight is 202 g/mol. The number of aliphatic carboxylic acids is 1. The van der Waals surface area contributed by atoms with E-state index in [2.05, 4.69) is 5.32 Å². The second-order valence-electron chi connectivity index (χ2n) is 2.38. The van der Waals surface area contributed by atoms with Crippen LogP contribution in [0.3, 0.4) is 0 Å². The molecule has 1 aliphatic heterocycles. The minimum atomic E-state index is -0.665. The van der Waals surface area contributed by atoms with Crippen molar-refractivity contribution in [2.45, 2.75) is 12.8 Å². The summed E-state index contributed by atoms with van der Waals surface area (Å²) in [5.41, 5.74) is 0. The Hall–Kier alpha value is 0.01000. The SMILES string of the molecule is Cl.Cl.O=C(O)C1CCCNC1. The molecular formula is C6H13Cl2NO2. The van der Waals surface area contributed by atoms with Gasteiger partial charge >= 0.3 is 5.97 Å².